The number of carbonyl (C=O) groups is 1. The lowest BCUT2D eigenvalue weighted by Gasteiger charge is -2.19. The van der Waals surface area contributed by atoms with E-state index in [2.05, 4.69) is 22.6 Å². The van der Waals surface area contributed by atoms with Gasteiger partial charge in [0, 0.05) is 30.8 Å². The van der Waals surface area contributed by atoms with E-state index in [1.54, 1.807) is 37.5 Å². The maximum Gasteiger partial charge on any atom is 0.219 e. The number of aliphatic imine (C=N–C) groups is 1. The molecule has 1 aromatic rings. The SMILES string of the molecule is C/C=C(\N=CN(C=O)C(/C=C(/F)CC)=C/C=C/OC)c1c(S)cncc1N(C)C. The zero-order valence-electron chi connectivity index (χ0n) is 17.3. The molecule has 1 heterocycles. The Morgan fingerprint density at radius 1 is 1.38 bits per heavy atom. The standard InChI is InChI=1S/C21H27FN4O2S/c1-6-16(22)11-17(9-8-10-28-5)26(15-27)14-24-18(7-2)21-19(25(3)4)12-23-13-20(21)29/h7-15,29H,6H2,1-5H3/b10-8+,16-11+,17-9+,18-7-,24-14?. The number of hydrogen-bond donors (Lipinski definition) is 1. The molecule has 0 aliphatic heterocycles. The van der Waals surface area contributed by atoms with Gasteiger partial charge in [-0.15, -0.1) is 12.6 Å². The molecule has 0 N–H and O–H groups in total. The smallest absolute Gasteiger partial charge is 0.219 e. The van der Waals surface area contributed by atoms with Gasteiger partial charge in [0.2, 0.25) is 6.41 Å². The largest absolute Gasteiger partial charge is 0.504 e. The lowest BCUT2D eigenvalue weighted by atomic mass is 10.1. The minimum Gasteiger partial charge on any atom is -0.504 e. The minimum atomic E-state index is -0.366. The Morgan fingerprint density at radius 2 is 2.10 bits per heavy atom. The third-order valence-electron chi connectivity index (χ3n) is 3.77. The first-order chi connectivity index (χ1) is 13.9. The maximum absolute atomic E-state index is 13.9. The molecule has 0 atom stereocenters. The highest BCUT2D eigenvalue weighted by Gasteiger charge is 2.13. The van der Waals surface area contributed by atoms with Crippen molar-refractivity contribution >= 4 is 36.8 Å². The van der Waals surface area contributed by atoms with E-state index in [9.17, 15) is 9.18 Å². The molecule has 156 valence electrons. The highest BCUT2D eigenvalue weighted by atomic mass is 32.1. The third kappa shape index (κ3) is 7.23. The average molecular weight is 419 g/mol. The first-order valence-corrected chi connectivity index (χ1v) is 9.38. The summed E-state index contributed by atoms with van der Waals surface area (Å²) in [6.45, 7) is 3.52. The number of ether oxygens (including phenoxy) is 1. The van der Waals surface area contributed by atoms with E-state index in [1.807, 2.05) is 25.9 Å². The summed E-state index contributed by atoms with van der Waals surface area (Å²) >= 11 is 4.50. The zero-order chi connectivity index (χ0) is 21.8. The molecule has 0 aliphatic carbocycles. The molecule has 0 spiro atoms. The Morgan fingerprint density at radius 3 is 2.66 bits per heavy atom. The Kier molecular flexibility index (Phi) is 10.5. The summed E-state index contributed by atoms with van der Waals surface area (Å²) in [6.07, 6.45) is 13.1. The number of aromatic nitrogens is 1. The number of amides is 1. The number of methoxy groups -OCH3 is 1. The number of halogens is 1. The van der Waals surface area contributed by atoms with Crippen molar-refractivity contribution in [2.24, 2.45) is 4.99 Å². The number of thiol groups is 1. The number of carbonyl (C=O) groups excluding carboxylic acids is 1. The second-order valence-corrected chi connectivity index (χ2v) is 6.46. The summed E-state index contributed by atoms with van der Waals surface area (Å²) in [6, 6.07) is 0. The lowest BCUT2D eigenvalue weighted by Crippen LogP contribution is -2.18. The Balaban J connectivity index is 3.36. The second kappa shape index (κ2) is 12.6. The Labute approximate surface area is 177 Å². The van der Waals surface area contributed by atoms with Crippen LogP contribution in [0.1, 0.15) is 25.8 Å². The summed E-state index contributed by atoms with van der Waals surface area (Å²) in [7, 11) is 5.28. The van der Waals surface area contributed by atoms with Crippen molar-refractivity contribution in [2.45, 2.75) is 25.2 Å². The van der Waals surface area contributed by atoms with Crippen molar-refractivity contribution < 1.29 is 13.9 Å². The summed E-state index contributed by atoms with van der Waals surface area (Å²) < 4.78 is 18.7. The number of anilines is 1. The van der Waals surface area contributed by atoms with Crippen LogP contribution in [-0.2, 0) is 9.53 Å². The molecular formula is C21H27FN4O2S. The van der Waals surface area contributed by atoms with Gasteiger partial charge in [-0.3, -0.25) is 14.7 Å². The maximum atomic E-state index is 13.9. The molecule has 1 rings (SSSR count). The number of rotatable bonds is 10. The monoisotopic (exact) mass is 418 g/mol. The normalized spacial score (nSPS) is 13.3. The van der Waals surface area contributed by atoms with Gasteiger partial charge in [-0.05, 0) is 31.6 Å². The number of allylic oxidation sites excluding steroid dienone is 5. The number of hydrogen-bond acceptors (Lipinski definition) is 6. The number of pyridine rings is 1. The predicted molar refractivity (Wildman–Crippen MR) is 120 cm³/mol. The van der Waals surface area contributed by atoms with Gasteiger partial charge in [-0.1, -0.05) is 13.0 Å². The average Bonchev–Trinajstić information content (AvgIpc) is 2.71. The lowest BCUT2D eigenvalue weighted by molar-refractivity contribution is -0.113. The van der Waals surface area contributed by atoms with Crippen LogP contribution in [0, 0.1) is 0 Å². The van der Waals surface area contributed by atoms with Gasteiger partial charge in [0.15, 0.2) is 0 Å². The first kappa shape index (κ1) is 24.2. The molecule has 0 unspecified atom stereocenters. The van der Waals surface area contributed by atoms with Crippen LogP contribution in [0.4, 0.5) is 10.1 Å². The fourth-order valence-electron chi connectivity index (χ4n) is 2.29. The third-order valence-corrected chi connectivity index (χ3v) is 4.11. The van der Waals surface area contributed by atoms with Crippen molar-refractivity contribution in [1.82, 2.24) is 9.88 Å². The molecule has 0 bridgehead atoms. The van der Waals surface area contributed by atoms with Crippen LogP contribution in [0.15, 0.2) is 64.4 Å². The summed E-state index contributed by atoms with van der Waals surface area (Å²) in [4.78, 5) is 24.0. The highest BCUT2D eigenvalue weighted by Crippen LogP contribution is 2.31. The van der Waals surface area contributed by atoms with E-state index in [0.717, 1.165) is 11.3 Å². The van der Waals surface area contributed by atoms with E-state index < -0.39 is 0 Å². The van der Waals surface area contributed by atoms with Gasteiger partial charge < -0.3 is 9.64 Å². The van der Waals surface area contributed by atoms with Crippen LogP contribution in [0.2, 0.25) is 0 Å². The van der Waals surface area contributed by atoms with Crippen LogP contribution in [-0.4, -0.2) is 43.8 Å². The van der Waals surface area contributed by atoms with E-state index in [0.29, 0.717) is 22.7 Å². The fraction of sp³-hybridized carbons (Fsp3) is 0.286. The van der Waals surface area contributed by atoms with Crippen LogP contribution in [0.5, 0.6) is 0 Å². The molecule has 0 aromatic carbocycles. The van der Waals surface area contributed by atoms with Crippen molar-refractivity contribution in [3.05, 3.63) is 60.0 Å². The van der Waals surface area contributed by atoms with E-state index in [1.165, 1.54) is 30.7 Å². The van der Waals surface area contributed by atoms with Crippen LogP contribution in [0.3, 0.4) is 0 Å². The predicted octanol–water partition coefficient (Wildman–Crippen LogP) is 4.59. The second-order valence-electron chi connectivity index (χ2n) is 5.98. The molecule has 8 heteroatoms. The topological polar surface area (TPSA) is 58.0 Å². The van der Waals surface area contributed by atoms with Gasteiger partial charge in [-0.25, -0.2) is 9.38 Å². The van der Waals surface area contributed by atoms with Crippen molar-refractivity contribution in [1.29, 1.82) is 0 Å². The van der Waals surface area contributed by atoms with Crippen LogP contribution >= 0.6 is 12.6 Å². The Bertz CT molecular complexity index is 845. The van der Waals surface area contributed by atoms with E-state index in [-0.39, 0.29) is 12.2 Å². The van der Waals surface area contributed by atoms with Crippen LogP contribution < -0.4 is 4.90 Å². The quantitative estimate of drug-likeness (QED) is 0.151. The molecule has 1 aromatic heterocycles. The molecule has 0 radical (unpaired) electrons. The Hall–Kier alpha value is -2.87. The first-order valence-electron chi connectivity index (χ1n) is 8.94. The summed E-state index contributed by atoms with van der Waals surface area (Å²) in [5, 5.41) is 0. The minimum absolute atomic E-state index is 0.210. The van der Waals surface area contributed by atoms with Gasteiger partial charge in [0.05, 0.1) is 36.7 Å². The fourth-order valence-corrected chi connectivity index (χ4v) is 2.59. The van der Waals surface area contributed by atoms with Gasteiger partial charge >= 0.3 is 0 Å². The van der Waals surface area contributed by atoms with Gasteiger partial charge in [0.25, 0.3) is 0 Å². The summed E-state index contributed by atoms with van der Waals surface area (Å²) in [5.74, 6) is -0.366. The molecule has 1 amide bonds. The number of nitrogens with zero attached hydrogens (tertiary/aromatic N) is 4. The van der Waals surface area contributed by atoms with Gasteiger partial charge in [-0.2, -0.15) is 0 Å². The van der Waals surface area contributed by atoms with E-state index in [4.69, 9.17) is 4.74 Å². The highest BCUT2D eigenvalue weighted by molar-refractivity contribution is 7.80. The molecule has 6 nitrogen and oxygen atoms in total. The summed E-state index contributed by atoms with van der Waals surface area (Å²) in [5.41, 5.74) is 2.51. The van der Waals surface area contributed by atoms with Crippen molar-refractivity contribution in [3.8, 4) is 0 Å². The molecule has 0 fully saturated rings. The molecule has 0 aliphatic rings. The molecule has 29 heavy (non-hydrogen) atoms. The van der Waals surface area contributed by atoms with Crippen LogP contribution in [0.25, 0.3) is 5.70 Å². The van der Waals surface area contributed by atoms with Crippen molar-refractivity contribution in [3.63, 3.8) is 0 Å². The van der Waals surface area contributed by atoms with Gasteiger partial charge in [0.1, 0.15) is 12.2 Å². The van der Waals surface area contributed by atoms with Crippen molar-refractivity contribution in [2.75, 3.05) is 26.1 Å². The van der Waals surface area contributed by atoms with E-state index >= 15 is 0 Å². The molecule has 0 saturated heterocycles. The molecule has 0 saturated carbocycles. The zero-order valence-corrected chi connectivity index (χ0v) is 18.2. The molecular weight excluding hydrogens is 391 g/mol.